The minimum absolute atomic E-state index is 0.0575. The molecule has 0 radical (unpaired) electrons. The molecule has 5 nitrogen and oxygen atoms in total. The first-order chi connectivity index (χ1) is 11.4. The maximum Gasteiger partial charge on any atom is 0.293 e. The molecule has 0 N–H and O–H groups in total. The molecule has 1 aromatic rings. The van der Waals surface area contributed by atoms with Crippen LogP contribution in [0.4, 0.5) is 4.79 Å². The first-order valence-corrected chi connectivity index (χ1v) is 9.31. The Labute approximate surface area is 154 Å². The van der Waals surface area contributed by atoms with Crippen molar-refractivity contribution in [3.63, 3.8) is 0 Å². The number of rotatable bonds is 6. The van der Waals surface area contributed by atoms with Crippen molar-refractivity contribution in [3.8, 4) is 11.5 Å². The van der Waals surface area contributed by atoms with E-state index in [4.69, 9.17) is 9.47 Å². The van der Waals surface area contributed by atoms with Gasteiger partial charge in [-0.15, -0.1) is 0 Å². The van der Waals surface area contributed by atoms with Gasteiger partial charge in [-0.2, -0.15) is 0 Å². The van der Waals surface area contributed by atoms with Gasteiger partial charge in [0.15, 0.2) is 11.5 Å². The first-order valence-electron chi connectivity index (χ1n) is 7.70. The van der Waals surface area contributed by atoms with Gasteiger partial charge in [-0.1, -0.05) is 6.92 Å². The third-order valence-corrected chi connectivity index (χ3v) is 5.13. The lowest BCUT2D eigenvalue weighted by atomic mass is 10.1. The van der Waals surface area contributed by atoms with E-state index < -0.39 is 0 Å². The van der Waals surface area contributed by atoms with Gasteiger partial charge < -0.3 is 9.47 Å². The summed E-state index contributed by atoms with van der Waals surface area (Å²) in [7, 11) is 1.57. The molecule has 2 amide bonds. The number of hydrogen-bond donors (Lipinski definition) is 0. The fourth-order valence-corrected chi connectivity index (χ4v) is 3.60. The summed E-state index contributed by atoms with van der Waals surface area (Å²) in [5, 5.41) is -0.239. The summed E-state index contributed by atoms with van der Waals surface area (Å²) in [4.78, 5) is 25.6. The first kappa shape index (κ1) is 18.9. The Morgan fingerprint density at radius 3 is 2.58 bits per heavy atom. The lowest BCUT2D eigenvalue weighted by Gasteiger charge is -2.17. The number of amides is 2. The largest absolute Gasteiger partial charge is 0.493 e. The topological polar surface area (TPSA) is 55.8 Å². The molecule has 0 aliphatic carbocycles. The molecule has 7 heteroatoms. The summed E-state index contributed by atoms with van der Waals surface area (Å²) in [6, 6.07) is 3.64. The van der Waals surface area contributed by atoms with E-state index in [9.17, 15) is 9.59 Å². The van der Waals surface area contributed by atoms with Crippen LogP contribution >= 0.6 is 27.7 Å². The second-order valence-corrected chi connectivity index (χ2v) is 7.14. The van der Waals surface area contributed by atoms with E-state index in [1.807, 2.05) is 19.9 Å². The van der Waals surface area contributed by atoms with Crippen LogP contribution in [0.15, 0.2) is 21.5 Å². The van der Waals surface area contributed by atoms with Gasteiger partial charge in [0.25, 0.3) is 11.1 Å². The number of ether oxygens (including phenoxy) is 2. The summed E-state index contributed by atoms with van der Waals surface area (Å²) >= 11 is 4.45. The van der Waals surface area contributed by atoms with Crippen LogP contribution in [-0.4, -0.2) is 35.8 Å². The molecule has 0 saturated carbocycles. The van der Waals surface area contributed by atoms with Gasteiger partial charge in [-0.25, -0.2) is 0 Å². The zero-order valence-electron chi connectivity index (χ0n) is 14.1. The highest BCUT2D eigenvalue weighted by molar-refractivity contribution is 9.10. The normalized spacial score (nSPS) is 17.5. The second kappa shape index (κ2) is 8.07. The third kappa shape index (κ3) is 3.95. The van der Waals surface area contributed by atoms with Crippen LogP contribution in [0.25, 0.3) is 6.08 Å². The Kier molecular flexibility index (Phi) is 6.34. The number of hydrogen-bond acceptors (Lipinski definition) is 5. The molecular formula is C17H20BrNO4S. The minimum Gasteiger partial charge on any atom is -0.493 e. The monoisotopic (exact) mass is 413 g/mol. The molecule has 0 spiro atoms. The van der Waals surface area contributed by atoms with Crippen molar-refractivity contribution < 1.29 is 19.1 Å². The minimum atomic E-state index is -0.262. The molecule has 0 aromatic heterocycles. The second-order valence-electron chi connectivity index (χ2n) is 5.30. The molecule has 0 unspecified atom stereocenters. The molecule has 1 aliphatic rings. The van der Waals surface area contributed by atoms with Crippen molar-refractivity contribution in [3.05, 3.63) is 27.1 Å². The number of halogens is 1. The van der Waals surface area contributed by atoms with Crippen molar-refractivity contribution in [1.82, 2.24) is 4.90 Å². The van der Waals surface area contributed by atoms with Crippen molar-refractivity contribution in [2.45, 2.75) is 33.3 Å². The molecule has 2 rings (SSSR count). The van der Waals surface area contributed by atoms with Crippen LogP contribution in [0, 0.1) is 0 Å². The van der Waals surface area contributed by atoms with E-state index in [0.717, 1.165) is 28.2 Å². The number of nitrogens with zero attached hydrogens (tertiary/aromatic N) is 1. The summed E-state index contributed by atoms with van der Waals surface area (Å²) < 4.78 is 12.0. The number of carbonyl (C=O) groups excluding carboxylic acids is 2. The zero-order valence-corrected chi connectivity index (χ0v) is 16.5. The van der Waals surface area contributed by atoms with Crippen LogP contribution < -0.4 is 9.47 Å². The maximum absolute atomic E-state index is 12.2. The van der Waals surface area contributed by atoms with E-state index in [2.05, 4.69) is 15.9 Å². The van der Waals surface area contributed by atoms with Gasteiger partial charge in [0.1, 0.15) is 0 Å². The van der Waals surface area contributed by atoms with E-state index in [0.29, 0.717) is 22.9 Å². The fourth-order valence-electron chi connectivity index (χ4n) is 2.15. The molecule has 1 atom stereocenters. The van der Waals surface area contributed by atoms with Crippen molar-refractivity contribution in [1.29, 1.82) is 0 Å². The maximum atomic E-state index is 12.2. The zero-order chi connectivity index (χ0) is 17.9. The molecule has 0 bridgehead atoms. The summed E-state index contributed by atoms with van der Waals surface area (Å²) in [6.07, 6.45) is 2.63. The third-order valence-electron chi connectivity index (χ3n) is 3.63. The van der Waals surface area contributed by atoms with Crippen LogP contribution in [0.2, 0.25) is 0 Å². The van der Waals surface area contributed by atoms with Crippen LogP contribution in [0.1, 0.15) is 32.8 Å². The van der Waals surface area contributed by atoms with E-state index in [1.165, 1.54) is 4.90 Å². The molecule has 1 fully saturated rings. The number of benzene rings is 1. The van der Waals surface area contributed by atoms with Crippen molar-refractivity contribution in [2.24, 2.45) is 0 Å². The van der Waals surface area contributed by atoms with Crippen molar-refractivity contribution >= 4 is 44.9 Å². The number of carbonyl (C=O) groups is 2. The quantitative estimate of drug-likeness (QED) is 0.632. The number of methoxy groups -OCH3 is 1. The standard InChI is InChI=1S/C17H20BrNO4S/c1-5-10(3)23-15-12(18)7-11(8-13(15)22-4)9-14-16(20)19(6-2)17(21)24-14/h7-10H,5-6H2,1-4H3/b14-9+/t10-/m1/s1. The number of thioether (sulfide) groups is 1. The Hall–Kier alpha value is -1.47. The van der Waals surface area contributed by atoms with Gasteiger partial charge >= 0.3 is 0 Å². The average Bonchev–Trinajstić information content (AvgIpc) is 2.82. The number of imide groups is 1. The SMILES string of the molecule is CC[C@@H](C)Oc1c(Br)cc(/C=C2/SC(=O)N(CC)C2=O)cc1OC. The molecule has 24 heavy (non-hydrogen) atoms. The predicted octanol–water partition coefficient (Wildman–Crippen LogP) is 4.69. The Bertz CT molecular complexity index is 689. The molecular weight excluding hydrogens is 394 g/mol. The van der Waals surface area contributed by atoms with Gasteiger partial charge in [-0.3, -0.25) is 14.5 Å². The van der Waals surface area contributed by atoms with Crippen molar-refractivity contribution in [2.75, 3.05) is 13.7 Å². The molecule has 1 saturated heterocycles. The highest BCUT2D eigenvalue weighted by atomic mass is 79.9. The van der Waals surface area contributed by atoms with Crippen LogP contribution in [-0.2, 0) is 4.79 Å². The predicted molar refractivity (Wildman–Crippen MR) is 99.4 cm³/mol. The van der Waals surface area contributed by atoms with E-state index in [1.54, 1.807) is 26.2 Å². The summed E-state index contributed by atoms with van der Waals surface area (Å²) in [5.41, 5.74) is 0.761. The Morgan fingerprint density at radius 2 is 2.04 bits per heavy atom. The van der Waals surface area contributed by atoms with E-state index in [-0.39, 0.29) is 17.3 Å². The molecule has 130 valence electrons. The van der Waals surface area contributed by atoms with Gasteiger partial charge in [0.2, 0.25) is 0 Å². The summed E-state index contributed by atoms with van der Waals surface area (Å²) in [6.45, 7) is 6.18. The van der Waals surface area contributed by atoms with Crippen LogP contribution in [0.3, 0.4) is 0 Å². The van der Waals surface area contributed by atoms with Crippen LogP contribution in [0.5, 0.6) is 11.5 Å². The average molecular weight is 414 g/mol. The highest BCUT2D eigenvalue weighted by Gasteiger charge is 2.33. The molecule has 1 heterocycles. The van der Waals surface area contributed by atoms with Gasteiger partial charge in [-0.05, 0) is 71.7 Å². The highest BCUT2D eigenvalue weighted by Crippen LogP contribution is 2.39. The van der Waals surface area contributed by atoms with Gasteiger partial charge in [0.05, 0.1) is 22.6 Å². The van der Waals surface area contributed by atoms with E-state index >= 15 is 0 Å². The number of likely N-dealkylation sites (N-methyl/N-ethyl adjacent to an activating group) is 1. The van der Waals surface area contributed by atoms with Gasteiger partial charge in [0, 0.05) is 6.54 Å². The lowest BCUT2D eigenvalue weighted by molar-refractivity contribution is -0.122. The molecule has 1 aromatic carbocycles. The smallest absolute Gasteiger partial charge is 0.293 e. The lowest BCUT2D eigenvalue weighted by Crippen LogP contribution is -2.27. The Balaban J connectivity index is 2.36. The Morgan fingerprint density at radius 1 is 1.33 bits per heavy atom. The molecule has 1 aliphatic heterocycles. The fraction of sp³-hybridized carbons (Fsp3) is 0.412. The summed E-state index contributed by atoms with van der Waals surface area (Å²) in [5.74, 6) is 0.943.